The highest BCUT2D eigenvalue weighted by Gasteiger charge is 2.19. The molecule has 2 aromatic carbocycles. The van der Waals surface area contributed by atoms with E-state index >= 15 is 0 Å². The molecule has 0 unspecified atom stereocenters. The van der Waals surface area contributed by atoms with Crippen LogP contribution in [0, 0.1) is 17.7 Å². The topological polar surface area (TPSA) is 58.6 Å². The van der Waals surface area contributed by atoms with Gasteiger partial charge < -0.3 is 15.0 Å². The van der Waals surface area contributed by atoms with Gasteiger partial charge in [-0.05, 0) is 49.2 Å². The number of benzene rings is 2. The van der Waals surface area contributed by atoms with Crippen LogP contribution in [-0.4, -0.2) is 31.5 Å². The summed E-state index contributed by atoms with van der Waals surface area (Å²) in [7, 11) is 0. The summed E-state index contributed by atoms with van der Waals surface area (Å²) in [6.45, 7) is 0.637. The first-order chi connectivity index (χ1) is 13.6. The summed E-state index contributed by atoms with van der Waals surface area (Å²) in [4.78, 5) is 25.5. The number of amides is 2. The molecular weight excluding hydrogens is 359 g/mol. The van der Waals surface area contributed by atoms with Gasteiger partial charge in [0.15, 0.2) is 18.2 Å². The Morgan fingerprint density at radius 3 is 2.68 bits per heavy atom. The number of piperidine rings is 1. The van der Waals surface area contributed by atoms with Crippen molar-refractivity contribution in [2.45, 2.75) is 19.3 Å². The number of halogens is 1. The molecule has 0 radical (unpaired) electrons. The zero-order valence-corrected chi connectivity index (χ0v) is 15.4. The van der Waals surface area contributed by atoms with Crippen LogP contribution < -0.4 is 15.0 Å². The zero-order chi connectivity index (χ0) is 19.8. The van der Waals surface area contributed by atoms with Crippen LogP contribution in [0.1, 0.15) is 24.8 Å². The van der Waals surface area contributed by atoms with E-state index in [2.05, 4.69) is 17.2 Å². The fraction of sp³-hybridized carbons (Fsp3) is 0.273. The van der Waals surface area contributed by atoms with E-state index in [-0.39, 0.29) is 30.7 Å². The van der Waals surface area contributed by atoms with Crippen LogP contribution in [0.2, 0.25) is 0 Å². The number of rotatable bonds is 5. The highest BCUT2D eigenvalue weighted by atomic mass is 19.1. The van der Waals surface area contributed by atoms with E-state index in [9.17, 15) is 14.0 Å². The molecule has 144 valence electrons. The van der Waals surface area contributed by atoms with Crippen molar-refractivity contribution in [2.24, 2.45) is 0 Å². The minimum atomic E-state index is -0.509. The highest BCUT2D eigenvalue weighted by molar-refractivity contribution is 5.94. The van der Waals surface area contributed by atoms with Crippen LogP contribution in [0.4, 0.5) is 10.1 Å². The molecule has 1 N–H and O–H groups in total. The second-order valence-corrected chi connectivity index (χ2v) is 6.35. The molecule has 5 nitrogen and oxygen atoms in total. The van der Waals surface area contributed by atoms with Crippen molar-refractivity contribution in [2.75, 3.05) is 24.6 Å². The zero-order valence-electron chi connectivity index (χ0n) is 15.4. The lowest BCUT2D eigenvalue weighted by Gasteiger charge is -2.26. The Morgan fingerprint density at radius 2 is 1.93 bits per heavy atom. The van der Waals surface area contributed by atoms with Crippen LogP contribution in [0.3, 0.4) is 0 Å². The van der Waals surface area contributed by atoms with Gasteiger partial charge in [-0.15, -0.1) is 0 Å². The number of carbonyl (C=O) groups excluding carboxylic acids is 2. The molecule has 2 aromatic rings. The highest BCUT2D eigenvalue weighted by Crippen LogP contribution is 2.21. The summed E-state index contributed by atoms with van der Waals surface area (Å²) >= 11 is 0. The normalized spacial score (nSPS) is 13.5. The Balaban J connectivity index is 1.44. The van der Waals surface area contributed by atoms with Gasteiger partial charge in [0.05, 0.1) is 6.54 Å². The van der Waals surface area contributed by atoms with Crippen molar-refractivity contribution in [3.8, 4) is 17.6 Å². The van der Waals surface area contributed by atoms with E-state index in [1.54, 1.807) is 17.0 Å². The average Bonchev–Trinajstić information content (AvgIpc) is 2.71. The number of carbonyl (C=O) groups is 2. The van der Waals surface area contributed by atoms with Gasteiger partial charge >= 0.3 is 0 Å². The van der Waals surface area contributed by atoms with E-state index in [0.29, 0.717) is 6.42 Å². The standard InChI is InChI=1S/C22H21FN2O3/c23-19-7-1-2-8-20(19)28-16-21(26)24-14-5-6-17-10-12-18(13-11-17)25-15-4-3-9-22(25)27/h1-2,7-8,10-13H,3-4,9,14-16H2,(H,24,26). The van der Waals surface area contributed by atoms with Gasteiger partial charge in [0.25, 0.3) is 5.91 Å². The summed E-state index contributed by atoms with van der Waals surface area (Å²) in [5.41, 5.74) is 1.68. The molecule has 6 heteroatoms. The molecule has 0 atom stereocenters. The first-order valence-electron chi connectivity index (χ1n) is 9.17. The number of hydrogen-bond donors (Lipinski definition) is 1. The third-order valence-electron chi connectivity index (χ3n) is 4.30. The fourth-order valence-corrected chi connectivity index (χ4v) is 2.85. The maximum absolute atomic E-state index is 13.4. The maximum Gasteiger partial charge on any atom is 0.258 e. The second kappa shape index (κ2) is 9.56. The summed E-state index contributed by atoms with van der Waals surface area (Å²) < 4.78 is 18.5. The maximum atomic E-state index is 13.4. The third kappa shape index (κ3) is 5.34. The van der Waals surface area contributed by atoms with Gasteiger partial charge in [0, 0.05) is 24.2 Å². The summed E-state index contributed by atoms with van der Waals surface area (Å²) in [6, 6.07) is 13.4. The minimum absolute atomic E-state index is 0.0380. The van der Waals surface area contributed by atoms with Crippen molar-refractivity contribution in [1.29, 1.82) is 0 Å². The van der Waals surface area contributed by atoms with Crippen LogP contribution in [0.15, 0.2) is 48.5 Å². The summed E-state index contributed by atoms with van der Waals surface area (Å²) in [6.07, 6.45) is 2.57. The molecule has 1 aliphatic heterocycles. The van der Waals surface area contributed by atoms with E-state index in [1.807, 2.05) is 24.3 Å². The molecule has 1 saturated heterocycles. The number of nitrogens with zero attached hydrogens (tertiary/aromatic N) is 1. The molecule has 2 amide bonds. The molecule has 0 saturated carbocycles. The van der Waals surface area contributed by atoms with Crippen molar-refractivity contribution in [3.05, 3.63) is 59.9 Å². The van der Waals surface area contributed by atoms with E-state index in [0.717, 1.165) is 30.6 Å². The lowest BCUT2D eigenvalue weighted by atomic mass is 10.1. The number of anilines is 1. The van der Waals surface area contributed by atoms with E-state index in [4.69, 9.17) is 4.74 Å². The molecule has 28 heavy (non-hydrogen) atoms. The first-order valence-corrected chi connectivity index (χ1v) is 9.17. The molecule has 1 fully saturated rings. The first kappa shape index (κ1) is 19.4. The Morgan fingerprint density at radius 1 is 1.14 bits per heavy atom. The van der Waals surface area contributed by atoms with E-state index < -0.39 is 5.82 Å². The monoisotopic (exact) mass is 380 g/mol. The second-order valence-electron chi connectivity index (χ2n) is 6.35. The predicted octanol–water partition coefficient (Wildman–Crippen LogP) is 2.89. The Hall–Kier alpha value is -3.33. The summed E-state index contributed by atoms with van der Waals surface area (Å²) in [5.74, 6) is 5.12. The molecule has 3 rings (SSSR count). The molecule has 0 spiro atoms. The van der Waals surface area contributed by atoms with Crippen LogP contribution in [0.25, 0.3) is 0 Å². The van der Waals surface area contributed by atoms with Gasteiger partial charge in [0.2, 0.25) is 5.91 Å². The third-order valence-corrected chi connectivity index (χ3v) is 4.30. The molecular formula is C22H21FN2O3. The quantitative estimate of drug-likeness (QED) is 0.812. The number of nitrogens with one attached hydrogen (secondary N) is 1. The predicted molar refractivity (Wildman–Crippen MR) is 104 cm³/mol. The largest absolute Gasteiger partial charge is 0.481 e. The lowest BCUT2D eigenvalue weighted by Crippen LogP contribution is -2.35. The fourth-order valence-electron chi connectivity index (χ4n) is 2.85. The molecule has 1 heterocycles. The SMILES string of the molecule is O=C(COc1ccccc1F)NCC#Cc1ccc(N2CCCCC2=O)cc1. The number of ether oxygens (including phenoxy) is 1. The number of para-hydroxylation sites is 1. The van der Waals surface area contributed by atoms with Gasteiger partial charge in [-0.2, -0.15) is 0 Å². The van der Waals surface area contributed by atoms with Gasteiger partial charge in [0.1, 0.15) is 0 Å². The molecule has 0 aliphatic carbocycles. The Labute approximate surface area is 163 Å². The smallest absolute Gasteiger partial charge is 0.258 e. The Kier molecular flexibility index (Phi) is 6.64. The van der Waals surface area contributed by atoms with E-state index in [1.165, 1.54) is 12.1 Å². The van der Waals surface area contributed by atoms with Crippen LogP contribution in [-0.2, 0) is 9.59 Å². The van der Waals surface area contributed by atoms with Crippen LogP contribution in [0.5, 0.6) is 5.75 Å². The van der Waals surface area contributed by atoms with Gasteiger partial charge in [-0.3, -0.25) is 9.59 Å². The van der Waals surface area contributed by atoms with Crippen LogP contribution >= 0.6 is 0 Å². The molecule has 0 aromatic heterocycles. The molecule has 1 aliphatic rings. The van der Waals surface area contributed by atoms with Crippen molar-refractivity contribution >= 4 is 17.5 Å². The van der Waals surface area contributed by atoms with Crippen molar-refractivity contribution < 1.29 is 18.7 Å². The number of hydrogen-bond acceptors (Lipinski definition) is 3. The van der Waals surface area contributed by atoms with Crippen molar-refractivity contribution in [3.63, 3.8) is 0 Å². The summed E-state index contributed by atoms with van der Waals surface area (Å²) in [5, 5.41) is 2.60. The Bertz CT molecular complexity index is 900. The van der Waals surface area contributed by atoms with Gasteiger partial charge in [-0.25, -0.2) is 4.39 Å². The van der Waals surface area contributed by atoms with Gasteiger partial charge in [-0.1, -0.05) is 24.0 Å². The lowest BCUT2D eigenvalue weighted by molar-refractivity contribution is -0.123. The van der Waals surface area contributed by atoms with Crippen molar-refractivity contribution in [1.82, 2.24) is 5.32 Å². The molecule has 0 bridgehead atoms. The average molecular weight is 380 g/mol. The minimum Gasteiger partial charge on any atom is -0.481 e.